The number of rotatable bonds is 4. The molecule has 0 radical (unpaired) electrons. The average Bonchev–Trinajstić information content (AvgIpc) is 2.35. The highest BCUT2D eigenvalue weighted by Crippen LogP contribution is 2.36. The van der Waals surface area contributed by atoms with Crippen molar-refractivity contribution >= 4 is 11.6 Å². The summed E-state index contributed by atoms with van der Waals surface area (Å²) < 4.78 is 42.3. The first-order valence-corrected chi connectivity index (χ1v) is 5.45. The number of nitrogens with zero attached hydrogens (tertiary/aromatic N) is 2. The molecule has 0 bridgehead atoms. The van der Waals surface area contributed by atoms with Crippen LogP contribution in [-0.4, -0.2) is 17.4 Å². The van der Waals surface area contributed by atoms with Crippen LogP contribution in [0.1, 0.15) is 19.4 Å². The van der Waals surface area contributed by atoms with E-state index in [2.05, 4.69) is 5.16 Å². The summed E-state index contributed by atoms with van der Waals surface area (Å²) in [7, 11) is 0. The molecule has 0 aromatic heterocycles. The second-order valence-corrected chi connectivity index (χ2v) is 3.57. The standard InChI is InChI=1S/C11H11F3N2O4/c1-3-19-7(2)15-20-10-5-4-8(11(12,13)14)6-9(10)16(17)18/h4-6H,3H2,1-2H3. The topological polar surface area (TPSA) is 74.0 Å². The highest BCUT2D eigenvalue weighted by atomic mass is 19.4. The van der Waals surface area contributed by atoms with E-state index in [4.69, 9.17) is 9.57 Å². The van der Waals surface area contributed by atoms with Gasteiger partial charge in [0.2, 0.25) is 11.6 Å². The monoisotopic (exact) mass is 292 g/mol. The van der Waals surface area contributed by atoms with Gasteiger partial charge in [-0.3, -0.25) is 10.1 Å². The maximum absolute atomic E-state index is 12.5. The van der Waals surface area contributed by atoms with E-state index in [1.807, 2.05) is 0 Å². The van der Waals surface area contributed by atoms with Gasteiger partial charge in [-0.15, -0.1) is 0 Å². The molecule has 0 aliphatic heterocycles. The zero-order chi connectivity index (χ0) is 15.3. The minimum atomic E-state index is -4.67. The number of nitro groups is 1. The van der Waals surface area contributed by atoms with E-state index < -0.39 is 28.1 Å². The van der Waals surface area contributed by atoms with Crippen LogP contribution in [0.5, 0.6) is 5.75 Å². The number of oxime groups is 1. The lowest BCUT2D eigenvalue weighted by atomic mass is 10.2. The molecular formula is C11H11F3N2O4. The Kier molecular flexibility index (Phi) is 4.89. The van der Waals surface area contributed by atoms with E-state index in [1.54, 1.807) is 6.92 Å². The summed E-state index contributed by atoms with van der Waals surface area (Å²) >= 11 is 0. The maximum atomic E-state index is 12.5. The van der Waals surface area contributed by atoms with E-state index in [1.165, 1.54) is 6.92 Å². The summed E-state index contributed by atoms with van der Waals surface area (Å²) in [5, 5.41) is 14.2. The molecule has 9 heteroatoms. The summed E-state index contributed by atoms with van der Waals surface area (Å²) in [6.45, 7) is 3.45. The molecule has 1 rings (SSSR count). The summed E-state index contributed by atoms with van der Waals surface area (Å²) in [6.07, 6.45) is -4.67. The van der Waals surface area contributed by atoms with Crippen molar-refractivity contribution in [3.05, 3.63) is 33.9 Å². The van der Waals surface area contributed by atoms with Crippen LogP contribution in [0.2, 0.25) is 0 Å². The predicted octanol–water partition coefficient (Wildman–Crippen LogP) is 3.36. The zero-order valence-electron chi connectivity index (χ0n) is 10.6. The Hall–Kier alpha value is -2.32. The van der Waals surface area contributed by atoms with Crippen molar-refractivity contribution in [2.24, 2.45) is 5.16 Å². The first-order chi connectivity index (χ1) is 9.25. The first kappa shape index (κ1) is 15.7. The van der Waals surface area contributed by atoms with Gasteiger partial charge >= 0.3 is 11.9 Å². The highest BCUT2D eigenvalue weighted by Gasteiger charge is 2.33. The number of hydrogen-bond donors (Lipinski definition) is 0. The molecule has 0 atom stereocenters. The molecule has 0 aliphatic carbocycles. The lowest BCUT2D eigenvalue weighted by molar-refractivity contribution is -0.386. The molecule has 0 N–H and O–H groups in total. The molecule has 0 saturated heterocycles. The number of hydrogen-bond acceptors (Lipinski definition) is 5. The number of benzene rings is 1. The van der Waals surface area contributed by atoms with Crippen molar-refractivity contribution in [1.29, 1.82) is 0 Å². The Labute approximate surface area is 111 Å². The fraction of sp³-hybridized carbons (Fsp3) is 0.364. The van der Waals surface area contributed by atoms with Crippen LogP contribution in [0.4, 0.5) is 18.9 Å². The van der Waals surface area contributed by atoms with Gasteiger partial charge in [-0.05, 0) is 24.2 Å². The maximum Gasteiger partial charge on any atom is 0.416 e. The predicted molar refractivity (Wildman–Crippen MR) is 63.5 cm³/mol. The van der Waals surface area contributed by atoms with E-state index in [9.17, 15) is 23.3 Å². The molecule has 6 nitrogen and oxygen atoms in total. The van der Waals surface area contributed by atoms with E-state index in [0.717, 1.165) is 6.07 Å². The second-order valence-electron chi connectivity index (χ2n) is 3.57. The molecule has 110 valence electrons. The van der Waals surface area contributed by atoms with Gasteiger partial charge in [-0.2, -0.15) is 13.2 Å². The van der Waals surface area contributed by atoms with E-state index >= 15 is 0 Å². The largest absolute Gasteiger partial charge is 0.479 e. The lowest BCUT2D eigenvalue weighted by Gasteiger charge is -2.08. The van der Waals surface area contributed by atoms with Gasteiger partial charge in [0.1, 0.15) is 0 Å². The number of ether oxygens (including phenoxy) is 1. The molecule has 0 unspecified atom stereocenters. The third kappa shape index (κ3) is 4.11. The summed E-state index contributed by atoms with van der Waals surface area (Å²) in [4.78, 5) is 14.5. The Morgan fingerprint density at radius 1 is 1.45 bits per heavy atom. The van der Waals surface area contributed by atoms with Crippen molar-refractivity contribution in [3.63, 3.8) is 0 Å². The highest BCUT2D eigenvalue weighted by molar-refractivity contribution is 5.72. The molecule has 0 fully saturated rings. The van der Waals surface area contributed by atoms with Gasteiger partial charge in [0, 0.05) is 13.0 Å². The molecule has 20 heavy (non-hydrogen) atoms. The molecule has 0 saturated carbocycles. The van der Waals surface area contributed by atoms with E-state index in [0.29, 0.717) is 18.7 Å². The van der Waals surface area contributed by atoms with Crippen molar-refractivity contribution < 1.29 is 27.7 Å². The minimum absolute atomic E-state index is 0.0988. The summed E-state index contributed by atoms with van der Waals surface area (Å²) in [5.41, 5.74) is -1.96. The van der Waals surface area contributed by atoms with E-state index in [-0.39, 0.29) is 5.90 Å². The van der Waals surface area contributed by atoms with Crippen LogP contribution >= 0.6 is 0 Å². The van der Waals surface area contributed by atoms with Crippen LogP contribution in [-0.2, 0) is 10.9 Å². The van der Waals surface area contributed by atoms with Crippen molar-refractivity contribution in [2.75, 3.05) is 6.61 Å². The van der Waals surface area contributed by atoms with Crippen LogP contribution < -0.4 is 4.84 Å². The first-order valence-electron chi connectivity index (χ1n) is 5.45. The van der Waals surface area contributed by atoms with Gasteiger partial charge in [0.25, 0.3) is 0 Å². The third-order valence-corrected chi connectivity index (χ3v) is 2.11. The fourth-order valence-corrected chi connectivity index (χ4v) is 1.26. The van der Waals surface area contributed by atoms with Crippen molar-refractivity contribution in [2.45, 2.75) is 20.0 Å². The van der Waals surface area contributed by atoms with Crippen LogP contribution in [0, 0.1) is 10.1 Å². The van der Waals surface area contributed by atoms with Crippen molar-refractivity contribution in [1.82, 2.24) is 0 Å². The molecule has 0 heterocycles. The number of nitro benzene ring substituents is 1. The molecule has 1 aromatic rings. The quantitative estimate of drug-likeness (QED) is 0.369. The van der Waals surface area contributed by atoms with Gasteiger partial charge in [0.15, 0.2) is 0 Å². The zero-order valence-corrected chi connectivity index (χ0v) is 10.6. The minimum Gasteiger partial charge on any atom is -0.479 e. The normalized spacial score (nSPS) is 12.2. The Morgan fingerprint density at radius 2 is 2.10 bits per heavy atom. The van der Waals surface area contributed by atoms with Crippen molar-refractivity contribution in [3.8, 4) is 5.75 Å². The molecule has 0 amide bonds. The van der Waals surface area contributed by atoms with Gasteiger partial charge in [0.05, 0.1) is 17.1 Å². The lowest BCUT2D eigenvalue weighted by Crippen LogP contribution is -2.06. The van der Waals surface area contributed by atoms with Gasteiger partial charge in [-0.1, -0.05) is 0 Å². The number of halogens is 3. The second kappa shape index (κ2) is 6.22. The average molecular weight is 292 g/mol. The Morgan fingerprint density at radius 3 is 2.60 bits per heavy atom. The molecule has 0 spiro atoms. The smallest absolute Gasteiger partial charge is 0.416 e. The third-order valence-electron chi connectivity index (χ3n) is 2.11. The molecule has 1 aromatic carbocycles. The van der Waals surface area contributed by atoms with Crippen LogP contribution in [0.25, 0.3) is 0 Å². The Balaban J connectivity index is 3.09. The summed E-state index contributed by atoms with van der Waals surface area (Å²) in [5.74, 6) is -0.302. The molecular weight excluding hydrogens is 281 g/mol. The van der Waals surface area contributed by atoms with Crippen LogP contribution in [0.15, 0.2) is 23.4 Å². The summed E-state index contributed by atoms with van der Waals surface area (Å²) in [6, 6.07) is 1.90. The number of alkyl halides is 3. The SMILES string of the molecule is CCOC(C)=NOc1ccc(C(F)(F)F)cc1[N+](=O)[O-]. The molecule has 0 aliphatic rings. The van der Waals surface area contributed by atoms with Crippen LogP contribution in [0.3, 0.4) is 0 Å². The van der Waals surface area contributed by atoms with Gasteiger partial charge in [-0.25, -0.2) is 0 Å². The Bertz CT molecular complexity index is 529. The fourth-order valence-electron chi connectivity index (χ4n) is 1.26. The van der Waals surface area contributed by atoms with Gasteiger partial charge < -0.3 is 9.57 Å².